The summed E-state index contributed by atoms with van der Waals surface area (Å²) in [5, 5.41) is 3.28. The molecule has 0 fully saturated rings. The highest BCUT2D eigenvalue weighted by Gasteiger charge is 2.13. The van der Waals surface area contributed by atoms with Crippen molar-refractivity contribution < 1.29 is 0 Å². The van der Waals surface area contributed by atoms with Crippen LogP contribution < -0.4 is 5.32 Å². The molecule has 0 aliphatic rings. The summed E-state index contributed by atoms with van der Waals surface area (Å²) in [5.41, 5.74) is 2.01. The second-order valence-corrected chi connectivity index (χ2v) is 5.58. The van der Waals surface area contributed by atoms with Gasteiger partial charge in [-0.3, -0.25) is 0 Å². The zero-order valence-electron chi connectivity index (χ0n) is 12.0. The Morgan fingerprint density at radius 3 is 2.45 bits per heavy atom. The van der Waals surface area contributed by atoms with E-state index >= 15 is 0 Å². The van der Waals surface area contributed by atoms with E-state index in [2.05, 4.69) is 55.2 Å². The zero-order valence-corrected chi connectivity index (χ0v) is 13.6. The Bertz CT molecular complexity index is 570. The Labute approximate surface area is 128 Å². The highest BCUT2D eigenvalue weighted by molar-refractivity contribution is 9.10. The number of halogens is 1. The number of nitrogens with zero attached hydrogens (tertiary/aromatic N) is 3. The summed E-state index contributed by atoms with van der Waals surface area (Å²) < 4.78 is 0.910. The normalized spacial score (nSPS) is 10.8. The molecule has 1 aromatic heterocycles. The van der Waals surface area contributed by atoms with Gasteiger partial charge in [-0.05, 0) is 36.9 Å². The maximum absolute atomic E-state index is 4.69. The van der Waals surface area contributed by atoms with E-state index < -0.39 is 0 Å². The molecule has 0 aliphatic carbocycles. The van der Waals surface area contributed by atoms with Crippen LogP contribution in [0.3, 0.4) is 0 Å². The van der Waals surface area contributed by atoms with Crippen LogP contribution in [-0.2, 0) is 6.54 Å². The van der Waals surface area contributed by atoms with Crippen molar-refractivity contribution in [3.63, 3.8) is 0 Å². The quantitative estimate of drug-likeness (QED) is 0.909. The molecule has 0 unspecified atom stereocenters. The molecule has 0 radical (unpaired) electrons. The van der Waals surface area contributed by atoms with Crippen LogP contribution in [0.1, 0.15) is 12.7 Å². The molecule has 0 saturated carbocycles. The van der Waals surface area contributed by atoms with E-state index in [1.165, 1.54) is 0 Å². The van der Waals surface area contributed by atoms with Crippen molar-refractivity contribution in [2.75, 3.05) is 26.0 Å². The molecular formula is C15H19BrN4. The number of nitrogens with one attached hydrogen (secondary N) is 1. The minimum absolute atomic E-state index is 0.714. The summed E-state index contributed by atoms with van der Waals surface area (Å²) >= 11 is 3.62. The van der Waals surface area contributed by atoms with Crippen LogP contribution in [0.5, 0.6) is 0 Å². The first kappa shape index (κ1) is 14.9. The highest BCUT2D eigenvalue weighted by atomic mass is 79.9. The summed E-state index contributed by atoms with van der Waals surface area (Å²) in [6.45, 7) is 3.60. The van der Waals surface area contributed by atoms with E-state index in [4.69, 9.17) is 0 Å². The Morgan fingerprint density at radius 1 is 1.15 bits per heavy atom. The molecule has 5 heteroatoms. The molecule has 4 nitrogen and oxygen atoms in total. The predicted molar refractivity (Wildman–Crippen MR) is 86.7 cm³/mol. The van der Waals surface area contributed by atoms with Crippen molar-refractivity contribution in [3.8, 4) is 11.3 Å². The van der Waals surface area contributed by atoms with Gasteiger partial charge in [-0.2, -0.15) is 0 Å². The maximum Gasteiger partial charge on any atom is 0.145 e. The fraction of sp³-hybridized carbons (Fsp3) is 0.333. The lowest BCUT2D eigenvalue weighted by Crippen LogP contribution is -2.15. The Morgan fingerprint density at radius 2 is 1.85 bits per heavy atom. The molecule has 2 rings (SSSR count). The van der Waals surface area contributed by atoms with Gasteiger partial charge in [0.05, 0.1) is 16.7 Å². The van der Waals surface area contributed by atoms with Crippen molar-refractivity contribution >= 4 is 21.7 Å². The van der Waals surface area contributed by atoms with Crippen LogP contribution >= 0.6 is 15.9 Å². The van der Waals surface area contributed by atoms with Crippen molar-refractivity contribution in [1.82, 2.24) is 14.9 Å². The molecule has 0 bridgehead atoms. The van der Waals surface area contributed by atoms with Crippen molar-refractivity contribution in [1.29, 1.82) is 0 Å². The molecule has 0 amide bonds. The third-order valence-corrected chi connectivity index (χ3v) is 3.50. The number of rotatable bonds is 5. The molecule has 0 spiro atoms. The smallest absolute Gasteiger partial charge is 0.145 e. The average molecular weight is 335 g/mol. The monoisotopic (exact) mass is 334 g/mol. The number of hydrogen-bond acceptors (Lipinski definition) is 4. The Hall–Kier alpha value is -1.46. The van der Waals surface area contributed by atoms with Gasteiger partial charge in [0, 0.05) is 12.1 Å². The molecule has 0 saturated heterocycles. The lowest BCUT2D eigenvalue weighted by molar-refractivity contribution is 0.390. The highest BCUT2D eigenvalue weighted by Crippen LogP contribution is 2.31. The first-order valence-corrected chi connectivity index (χ1v) is 7.41. The van der Waals surface area contributed by atoms with Crippen LogP contribution in [0.4, 0.5) is 5.82 Å². The van der Waals surface area contributed by atoms with Gasteiger partial charge in [0.15, 0.2) is 0 Å². The van der Waals surface area contributed by atoms with Crippen LogP contribution in [-0.4, -0.2) is 35.5 Å². The van der Waals surface area contributed by atoms with Gasteiger partial charge >= 0.3 is 0 Å². The summed E-state index contributed by atoms with van der Waals surface area (Å²) in [6.07, 6.45) is 0. The van der Waals surface area contributed by atoms with Crippen LogP contribution in [0, 0.1) is 0 Å². The molecule has 0 atom stereocenters. The Balaban J connectivity index is 2.51. The third-order valence-electron chi connectivity index (χ3n) is 2.75. The van der Waals surface area contributed by atoms with Crippen molar-refractivity contribution in [2.45, 2.75) is 13.5 Å². The second-order valence-electron chi connectivity index (χ2n) is 4.79. The van der Waals surface area contributed by atoms with E-state index in [0.717, 1.165) is 33.9 Å². The SMILES string of the molecule is CCNc1nc(CN(C)C)nc(-c2ccccc2)c1Br. The van der Waals surface area contributed by atoms with Crippen molar-refractivity contribution in [2.24, 2.45) is 0 Å². The summed E-state index contributed by atoms with van der Waals surface area (Å²) in [4.78, 5) is 11.3. The average Bonchev–Trinajstić information content (AvgIpc) is 2.43. The predicted octanol–water partition coefficient (Wildman–Crippen LogP) is 3.40. The van der Waals surface area contributed by atoms with E-state index in [0.29, 0.717) is 6.54 Å². The summed E-state index contributed by atoms with van der Waals surface area (Å²) in [7, 11) is 4.03. The zero-order chi connectivity index (χ0) is 14.5. The van der Waals surface area contributed by atoms with E-state index in [1.54, 1.807) is 0 Å². The van der Waals surface area contributed by atoms with E-state index in [1.807, 2.05) is 32.3 Å². The van der Waals surface area contributed by atoms with Crippen LogP contribution in [0.2, 0.25) is 0 Å². The largest absolute Gasteiger partial charge is 0.369 e. The molecule has 1 N–H and O–H groups in total. The second kappa shape index (κ2) is 6.81. The molecule has 2 aromatic rings. The maximum atomic E-state index is 4.69. The van der Waals surface area contributed by atoms with Gasteiger partial charge in [0.25, 0.3) is 0 Å². The minimum Gasteiger partial charge on any atom is -0.369 e. The molecule has 1 heterocycles. The molecule has 1 aromatic carbocycles. The van der Waals surface area contributed by atoms with Gasteiger partial charge in [-0.15, -0.1) is 0 Å². The topological polar surface area (TPSA) is 41.1 Å². The molecule has 0 aliphatic heterocycles. The number of hydrogen-bond donors (Lipinski definition) is 1. The fourth-order valence-corrected chi connectivity index (χ4v) is 2.47. The number of aromatic nitrogens is 2. The van der Waals surface area contributed by atoms with Crippen molar-refractivity contribution in [3.05, 3.63) is 40.6 Å². The van der Waals surface area contributed by atoms with Crippen LogP contribution in [0.25, 0.3) is 11.3 Å². The molecular weight excluding hydrogens is 316 g/mol. The van der Waals surface area contributed by atoms with Gasteiger partial charge in [-0.1, -0.05) is 30.3 Å². The minimum atomic E-state index is 0.714. The van der Waals surface area contributed by atoms with E-state index in [9.17, 15) is 0 Å². The third kappa shape index (κ3) is 3.55. The van der Waals surface area contributed by atoms with Gasteiger partial charge in [0.2, 0.25) is 0 Å². The summed E-state index contributed by atoms with van der Waals surface area (Å²) in [6, 6.07) is 10.2. The summed E-state index contributed by atoms with van der Waals surface area (Å²) in [5.74, 6) is 1.66. The lowest BCUT2D eigenvalue weighted by atomic mass is 10.1. The fourth-order valence-electron chi connectivity index (χ4n) is 1.92. The first-order chi connectivity index (χ1) is 9.61. The van der Waals surface area contributed by atoms with Crippen LogP contribution in [0.15, 0.2) is 34.8 Å². The molecule has 106 valence electrons. The first-order valence-electron chi connectivity index (χ1n) is 6.62. The Kier molecular flexibility index (Phi) is 5.09. The molecule has 20 heavy (non-hydrogen) atoms. The van der Waals surface area contributed by atoms with Gasteiger partial charge in [0.1, 0.15) is 11.6 Å². The van der Waals surface area contributed by atoms with E-state index in [-0.39, 0.29) is 0 Å². The standard InChI is InChI=1S/C15H19BrN4/c1-4-17-15-13(16)14(11-8-6-5-7-9-11)18-12(19-15)10-20(2)3/h5-9H,4,10H2,1-3H3,(H,17,18,19). The number of benzene rings is 1. The van der Waals surface area contributed by atoms with Gasteiger partial charge < -0.3 is 10.2 Å². The number of anilines is 1. The lowest BCUT2D eigenvalue weighted by Gasteiger charge is -2.14. The van der Waals surface area contributed by atoms with Gasteiger partial charge in [-0.25, -0.2) is 9.97 Å².